The van der Waals surface area contributed by atoms with Gasteiger partial charge in [-0.1, -0.05) is 25.7 Å². The van der Waals surface area contributed by atoms with E-state index < -0.39 is 0 Å². The second-order valence-electron chi connectivity index (χ2n) is 2.64. The molecule has 8 N–H and O–H groups in total. The Morgan fingerprint density at radius 2 is 1.07 bits per heavy atom. The fourth-order valence-electron chi connectivity index (χ4n) is 0.454. The molecule has 0 amide bonds. The summed E-state index contributed by atoms with van der Waals surface area (Å²) in [5, 5.41) is 15.2. The highest BCUT2D eigenvalue weighted by Gasteiger charge is 1.95. The summed E-state index contributed by atoms with van der Waals surface area (Å²) < 4.78 is 4.83. The molecule has 5 heteroatoms. The lowest BCUT2D eigenvalue weighted by molar-refractivity contribution is 0.162. The lowest BCUT2D eigenvalue weighted by atomic mass is 10.0. The predicted molar refractivity (Wildman–Crippen MR) is 64.9 cm³/mol. The summed E-state index contributed by atoms with van der Waals surface area (Å²) in [5.41, 5.74) is 0. The predicted octanol–water partition coefficient (Wildman–Crippen LogP) is 1.90. The first-order valence-corrected chi connectivity index (χ1v) is 5.12. The van der Waals surface area contributed by atoms with Gasteiger partial charge in [0.25, 0.3) is 0 Å². The third-order valence-electron chi connectivity index (χ3n) is 1.51. The molecule has 0 aromatic rings. The third kappa shape index (κ3) is 41.6. The van der Waals surface area contributed by atoms with Crippen molar-refractivity contribution >= 4 is 0 Å². The average Bonchev–Trinajstić information content (AvgIpc) is 2.03. The molecule has 0 radical (unpaired) electrons. The quantitative estimate of drug-likeness (QED) is 0.586. The van der Waals surface area contributed by atoms with E-state index in [1.807, 2.05) is 13.8 Å². The van der Waals surface area contributed by atoms with Crippen molar-refractivity contribution in [3.8, 4) is 0 Å². The summed E-state index contributed by atoms with van der Waals surface area (Å²) >= 11 is 0. The summed E-state index contributed by atoms with van der Waals surface area (Å²) in [7, 11) is 0. The molecule has 0 aromatic carbocycles. The van der Waals surface area contributed by atoms with Crippen LogP contribution in [0.3, 0.4) is 0 Å². The van der Waals surface area contributed by atoms with Crippen molar-refractivity contribution in [2.75, 3.05) is 26.4 Å². The van der Waals surface area contributed by atoms with Crippen LogP contribution >= 0.6 is 0 Å². The summed E-state index contributed by atoms with van der Waals surface area (Å²) in [4.78, 5) is 0. The van der Waals surface area contributed by atoms with E-state index in [1.165, 1.54) is 25.7 Å². The van der Waals surface area contributed by atoms with Gasteiger partial charge in [-0.15, -0.1) is 0 Å². The second kappa shape index (κ2) is 29.2. The highest BCUT2D eigenvalue weighted by atomic mass is 16.5. The summed E-state index contributed by atoms with van der Waals surface area (Å²) in [6, 6.07) is 0. The Morgan fingerprint density at radius 3 is 1.07 bits per heavy atom. The van der Waals surface area contributed by atoms with Crippen molar-refractivity contribution in [2.24, 2.45) is 0 Å². The summed E-state index contributed by atoms with van der Waals surface area (Å²) in [6.07, 6.45) is 6.00. The second-order valence-corrected chi connectivity index (χ2v) is 2.64. The van der Waals surface area contributed by atoms with Crippen LogP contribution in [0.4, 0.5) is 0 Å². The highest BCUT2D eigenvalue weighted by molar-refractivity contribution is 4.50. The first-order chi connectivity index (χ1) is 6.33. The molecule has 15 heavy (non-hydrogen) atoms. The molecule has 0 spiro atoms. The molecule has 0 heterocycles. The van der Waals surface area contributed by atoms with Gasteiger partial charge >= 0.3 is 0 Å². The molecule has 98 valence electrons. The van der Waals surface area contributed by atoms with Crippen LogP contribution < -0.4 is 12.3 Å². The molecule has 0 atom stereocenters. The van der Waals surface area contributed by atoms with E-state index in [4.69, 9.17) is 14.9 Å². The Balaban J connectivity index is -0.0000000570. The molecule has 0 bridgehead atoms. The topological polar surface area (TPSA) is 120 Å². The van der Waals surface area contributed by atoms with Crippen molar-refractivity contribution in [3.05, 3.63) is 0 Å². The van der Waals surface area contributed by atoms with Gasteiger partial charge in [-0.25, -0.2) is 0 Å². The van der Waals surface area contributed by atoms with Crippen molar-refractivity contribution in [1.82, 2.24) is 12.3 Å². The van der Waals surface area contributed by atoms with E-state index in [-0.39, 0.29) is 25.5 Å². The fourth-order valence-corrected chi connectivity index (χ4v) is 0.454. The standard InChI is InChI=1S/C4H10O.C4H8.C2H6O2.2H3N/c1-3-5-4-2;1-2-4-3-1;3-1-2-4;;/h3-4H2,1-2H3;1-4H2;3-4H,1-2H2;2*1H3. The van der Waals surface area contributed by atoms with E-state index in [9.17, 15) is 0 Å². The zero-order chi connectivity index (χ0) is 10.4. The Bertz CT molecular complexity index is 63.7. The fraction of sp³-hybridized carbons (Fsp3) is 1.00. The minimum Gasteiger partial charge on any atom is -0.394 e. The smallest absolute Gasteiger partial charge is 0.0662 e. The lowest BCUT2D eigenvalue weighted by Gasteiger charge is -2.05. The molecule has 1 fully saturated rings. The Hall–Kier alpha value is -0.200. The zero-order valence-electron chi connectivity index (χ0n) is 10.4. The van der Waals surface area contributed by atoms with Gasteiger partial charge in [0.15, 0.2) is 0 Å². The van der Waals surface area contributed by atoms with E-state index in [0.29, 0.717) is 0 Å². The first-order valence-electron chi connectivity index (χ1n) is 5.12. The van der Waals surface area contributed by atoms with Crippen LogP contribution in [-0.4, -0.2) is 36.6 Å². The van der Waals surface area contributed by atoms with Crippen molar-refractivity contribution in [1.29, 1.82) is 0 Å². The minimum atomic E-state index is -0.125. The number of hydrogen-bond donors (Lipinski definition) is 4. The van der Waals surface area contributed by atoms with Crippen molar-refractivity contribution < 1.29 is 14.9 Å². The maximum absolute atomic E-state index is 7.62. The number of ether oxygens (including phenoxy) is 1. The van der Waals surface area contributed by atoms with E-state index in [0.717, 1.165) is 13.2 Å². The molecule has 1 aliphatic carbocycles. The van der Waals surface area contributed by atoms with Gasteiger partial charge in [0.2, 0.25) is 0 Å². The first kappa shape index (κ1) is 24.2. The van der Waals surface area contributed by atoms with Crippen LogP contribution in [0.5, 0.6) is 0 Å². The van der Waals surface area contributed by atoms with Gasteiger partial charge in [-0.2, -0.15) is 0 Å². The van der Waals surface area contributed by atoms with Gasteiger partial charge in [0.1, 0.15) is 0 Å². The SMILES string of the molecule is C1CCC1.CCOCC.N.N.OCCO. The lowest BCUT2D eigenvalue weighted by Crippen LogP contribution is -1.85. The summed E-state index contributed by atoms with van der Waals surface area (Å²) in [6.45, 7) is 5.42. The normalized spacial score (nSPS) is 11.2. The molecular weight excluding hydrogens is 196 g/mol. The maximum atomic E-state index is 7.62. The Kier molecular flexibility index (Phi) is 47.0. The molecular formula is C10H30N2O3. The van der Waals surface area contributed by atoms with Crippen LogP contribution in [0.15, 0.2) is 0 Å². The van der Waals surface area contributed by atoms with E-state index in [2.05, 4.69) is 0 Å². The molecule has 1 aliphatic rings. The summed E-state index contributed by atoms with van der Waals surface area (Å²) in [5.74, 6) is 0. The third-order valence-corrected chi connectivity index (χ3v) is 1.51. The van der Waals surface area contributed by atoms with Gasteiger partial charge < -0.3 is 27.3 Å². The van der Waals surface area contributed by atoms with Gasteiger partial charge in [0.05, 0.1) is 13.2 Å². The largest absolute Gasteiger partial charge is 0.394 e. The van der Waals surface area contributed by atoms with Gasteiger partial charge in [0, 0.05) is 13.2 Å². The molecule has 0 unspecified atom stereocenters. The molecule has 0 aliphatic heterocycles. The van der Waals surface area contributed by atoms with Crippen LogP contribution in [0.2, 0.25) is 0 Å². The zero-order valence-corrected chi connectivity index (χ0v) is 10.4. The number of aliphatic hydroxyl groups excluding tert-OH is 2. The minimum absolute atomic E-state index is 0. The maximum Gasteiger partial charge on any atom is 0.0662 e. The van der Waals surface area contributed by atoms with Crippen molar-refractivity contribution in [2.45, 2.75) is 39.5 Å². The molecule has 0 aromatic heterocycles. The van der Waals surface area contributed by atoms with Crippen LogP contribution in [0.25, 0.3) is 0 Å². The molecule has 1 rings (SSSR count). The monoisotopic (exact) mass is 226 g/mol. The van der Waals surface area contributed by atoms with E-state index >= 15 is 0 Å². The van der Waals surface area contributed by atoms with Crippen LogP contribution in [-0.2, 0) is 4.74 Å². The van der Waals surface area contributed by atoms with Gasteiger partial charge in [-0.3, -0.25) is 0 Å². The Morgan fingerprint density at radius 1 is 0.800 bits per heavy atom. The highest BCUT2D eigenvalue weighted by Crippen LogP contribution is 2.15. The number of rotatable bonds is 3. The van der Waals surface area contributed by atoms with Crippen molar-refractivity contribution in [3.63, 3.8) is 0 Å². The molecule has 0 saturated heterocycles. The molecule has 5 nitrogen and oxygen atoms in total. The van der Waals surface area contributed by atoms with Gasteiger partial charge in [-0.05, 0) is 13.8 Å². The molecule has 1 saturated carbocycles. The Labute approximate surface area is 94.0 Å². The number of aliphatic hydroxyl groups is 2. The average molecular weight is 226 g/mol. The van der Waals surface area contributed by atoms with Crippen LogP contribution in [0, 0.1) is 0 Å². The van der Waals surface area contributed by atoms with Crippen LogP contribution in [0.1, 0.15) is 39.5 Å². The number of hydrogen-bond acceptors (Lipinski definition) is 5. The van der Waals surface area contributed by atoms with E-state index in [1.54, 1.807) is 0 Å².